The van der Waals surface area contributed by atoms with Gasteiger partial charge in [-0.15, -0.1) is 0 Å². The number of benzene rings is 1. The zero-order chi connectivity index (χ0) is 21.8. The van der Waals surface area contributed by atoms with Crippen LogP contribution < -0.4 is 27.0 Å². The number of aromatic nitrogens is 4. The number of para-hydroxylation sites is 2. The second kappa shape index (κ2) is 9.33. The van der Waals surface area contributed by atoms with E-state index in [1.54, 1.807) is 23.9 Å². The van der Waals surface area contributed by atoms with E-state index >= 15 is 0 Å². The van der Waals surface area contributed by atoms with Crippen molar-refractivity contribution in [2.75, 3.05) is 34.8 Å². The smallest absolute Gasteiger partial charge is 0.157 e. The molecule has 0 saturated heterocycles. The molecule has 0 unspecified atom stereocenters. The van der Waals surface area contributed by atoms with Crippen molar-refractivity contribution in [1.82, 2.24) is 25.3 Å². The van der Waals surface area contributed by atoms with Gasteiger partial charge in [-0.05, 0) is 37.2 Å². The summed E-state index contributed by atoms with van der Waals surface area (Å²) in [4.78, 5) is 18.7. The van der Waals surface area contributed by atoms with E-state index in [0.717, 1.165) is 47.0 Å². The summed E-state index contributed by atoms with van der Waals surface area (Å²) in [7, 11) is 0. The number of nitrogens with zero attached hydrogens (tertiary/aromatic N) is 4. The van der Waals surface area contributed by atoms with E-state index in [-0.39, 0.29) is 6.17 Å². The summed E-state index contributed by atoms with van der Waals surface area (Å²) in [6.07, 6.45) is 5.39. The highest BCUT2D eigenvalue weighted by molar-refractivity contribution is 7.18. The van der Waals surface area contributed by atoms with Gasteiger partial charge in [-0.2, -0.15) is 0 Å². The molecular formula is C22H25N9S. The molecule has 1 aliphatic heterocycles. The molecule has 9 nitrogen and oxygen atoms in total. The van der Waals surface area contributed by atoms with Crippen LogP contribution >= 0.6 is 11.3 Å². The molecule has 0 bridgehead atoms. The Bertz CT molecular complexity index is 1180. The first kappa shape index (κ1) is 20.4. The van der Waals surface area contributed by atoms with Gasteiger partial charge in [-0.1, -0.05) is 23.5 Å². The summed E-state index contributed by atoms with van der Waals surface area (Å²) in [6, 6.07) is 11.9. The van der Waals surface area contributed by atoms with Gasteiger partial charge >= 0.3 is 0 Å². The summed E-state index contributed by atoms with van der Waals surface area (Å²) >= 11 is 1.60. The van der Waals surface area contributed by atoms with Gasteiger partial charge in [-0.3, -0.25) is 4.98 Å². The molecule has 164 valence electrons. The molecule has 5 rings (SSSR count). The predicted octanol–water partition coefficient (Wildman–Crippen LogP) is 3.06. The van der Waals surface area contributed by atoms with Crippen LogP contribution in [0.4, 0.5) is 22.9 Å². The molecule has 0 saturated carbocycles. The van der Waals surface area contributed by atoms with E-state index in [9.17, 15) is 0 Å². The molecule has 6 N–H and O–H groups in total. The number of nitrogen functional groups attached to an aromatic ring is 1. The number of thiazole rings is 1. The summed E-state index contributed by atoms with van der Waals surface area (Å²) in [6.45, 7) is 2.27. The lowest BCUT2D eigenvalue weighted by Crippen LogP contribution is -2.28. The lowest BCUT2D eigenvalue weighted by atomic mass is 10.3. The normalized spacial score (nSPS) is 13.0. The summed E-state index contributed by atoms with van der Waals surface area (Å²) in [5, 5.41) is 14.8. The Hall–Kier alpha value is -3.50. The van der Waals surface area contributed by atoms with Crippen molar-refractivity contribution in [3.8, 4) is 0 Å². The second-order valence-electron chi connectivity index (χ2n) is 7.55. The highest BCUT2D eigenvalue weighted by Crippen LogP contribution is 2.29. The van der Waals surface area contributed by atoms with Crippen LogP contribution in [-0.2, 0) is 13.0 Å². The molecule has 0 fully saturated rings. The van der Waals surface area contributed by atoms with Crippen LogP contribution in [0.15, 0.2) is 48.9 Å². The first-order valence-corrected chi connectivity index (χ1v) is 11.4. The fourth-order valence-electron chi connectivity index (χ4n) is 3.66. The predicted molar refractivity (Wildman–Crippen MR) is 130 cm³/mol. The van der Waals surface area contributed by atoms with E-state index < -0.39 is 0 Å². The summed E-state index contributed by atoms with van der Waals surface area (Å²) in [5.74, 6) is 0.702. The molecule has 32 heavy (non-hydrogen) atoms. The van der Waals surface area contributed by atoms with E-state index in [1.807, 2.05) is 24.3 Å². The Kier molecular flexibility index (Phi) is 5.95. The fourth-order valence-corrected chi connectivity index (χ4v) is 4.56. The number of hydrogen-bond donors (Lipinski definition) is 5. The average Bonchev–Trinajstić information content (AvgIpc) is 3.42. The van der Waals surface area contributed by atoms with Crippen LogP contribution in [0.2, 0.25) is 0 Å². The van der Waals surface area contributed by atoms with Gasteiger partial charge in [0.1, 0.15) is 16.7 Å². The fraction of sp³-hybridized carbons (Fsp3) is 0.273. The van der Waals surface area contributed by atoms with Crippen molar-refractivity contribution in [3.63, 3.8) is 0 Å². The third-order valence-electron chi connectivity index (χ3n) is 5.30. The number of fused-ring (bicyclic) bond motifs is 2. The number of nitrogens with one attached hydrogen (secondary N) is 4. The van der Waals surface area contributed by atoms with Gasteiger partial charge in [0.25, 0.3) is 0 Å². The van der Waals surface area contributed by atoms with Crippen LogP contribution in [0, 0.1) is 0 Å². The van der Waals surface area contributed by atoms with E-state index in [1.165, 1.54) is 11.4 Å². The molecule has 1 aliphatic rings. The Morgan fingerprint density at radius 1 is 1.00 bits per heavy atom. The number of rotatable bonds is 9. The maximum atomic E-state index is 5.98. The topological polar surface area (TPSA) is 126 Å². The highest BCUT2D eigenvalue weighted by Gasteiger charge is 2.17. The highest BCUT2D eigenvalue weighted by atomic mass is 32.1. The minimum absolute atomic E-state index is 0.263. The zero-order valence-corrected chi connectivity index (χ0v) is 18.3. The molecular weight excluding hydrogens is 422 g/mol. The summed E-state index contributed by atoms with van der Waals surface area (Å²) < 4.78 is 0. The monoisotopic (exact) mass is 447 g/mol. The van der Waals surface area contributed by atoms with Crippen LogP contribution in [-0.4, -0.2) is 39.2 Å². The van der Waals surface area contributed by atoms with Gasteiger partial charge in [0, 0.05) is 19.2 Å². The lowest BCUT2D eigenvalue weighted by Gasteiger charge is -2.12. The Morgan fingerprint density at radius 3 is 2.66 bits per heavy atom. The number of hydrogen-bond acceptors (Lipinski definition) is 10. The second-order valence-corrected chi connectivity index (χ2v) is 8.61. The molecule has 0 atom stereocenters. The van der Waals surface area contributed by atoms with Gasteiger partial charge in [0.15, 0.2) is 5.82 Å². The van der Waals surface area contributed by atoms with Crippen LogP contribution in [0.1, 0.15) is 17.1 Å². The van der Waals surface area contributed by atoms with Crippen molar-refractivity contribution in [2.24, 2.45) is 0 Å². The van der Waals surface area contributed by atoms with Crippen molar-refractivity contribution in [2.45, 2.75) is 25.6 Å². The number of anilines is 4. The van der Waals surface area contributed by atoms with Crippen LogP contribution in [0.3, 0.4) is 0 Å². The first-order chi connectivity index (χ1) is 15.8. The van der Waals surface area contributed by atoms with Crippen LogP contribution in [0.5, 0.6) is 0 Å². The minimum Gasteiger partial charge on any atom is -0.397 e. The Balaban J connectivity index is 1.11. The number of nitrogens with two attached hydrogens (primary N) is 1. The molecule has 4 aromatic rings. The molecule has 4 heterocycles. The largest absolute Gasteiger partial charge is 0.397 e. The van der Waals surface area contributed by atoms with Gasteiger partial charge < -0.3 is 27.0 Å². The SMILES string of the molecule is Nc1cccnc1CNc1ncnc2sc(CCNCCC3Nc4ccccc4N3)nc12. The van der Waals surface area contributed by atoms with Crippen molar-refractivity contribution < 1.29 is 0 Å². The van der Waals surface area contributed by atoms with Gasteiger partial charge in [0.2, 0.25) is 0 Å². The van der Waals surface area contributed by atoms with E-state index in [0.29, 0.717) is 18.1 Å². The Labute approximate surface area is 189 Å². The molecule has 0 spiro atoms. The minimum atomic E-state index is 0.263. The molecule has 3 aromatic heterocycles. The van der Waals surface area contributed by atoms with Gasteiger partial charge in [0.05, 0.1) is 40.5 Å². The van der Waals surface area contributed by atoms with E-state index in [4.69, 9.17) is 10.7 Å². The molecule has 0 aliphatic carbocycles. The molecule has 1 aromatic carbocycles. The maximum absolute atomic E-state index is 5.98. The zero-order valence-electron chi connectivity index (χ0n) is 17.5. The third-order valence-corrected chi connectivity index (χ3v) is 6.32. The van der Waals surface area contributed by atoms with Gasteiger partial charge in [-0.25, -0.2) is 15.0 Å². The average molecular weight is 448 g/mol. The van der Waals surface area contributed by atoms with Crippen LogP contribution in [0.25, 0.3) is 10.3 Å². The molecule has 0 amide bonds. The standard InChI is InChI=1S/C22H25N9S/c23-14-4-3-9-25-17(14)12-26-21-20-22(28-13-27-21)32-19(31-20)8-11-24-10-7-18-29-15-5-1-2-6-16(15)30-18/h1-6,9,13,18,24,29-30H,7-8,10-12,23H2,(H,26,27,28). The van der Waals surface area contributed by atoms with Crippen molar-refractivity contribution >= 4 is 44.6 Å². The molecule has 10 heteroatoms. The lowest BCUT2D eigenvalue weighted by molar-refractivity contribution is 0.620. The first-order valence-electron chi connectivity index (χ1n) is 10.6. The van der Waals surface area contributed by atoms with E-state index in [2.05, 4.69) is 48.4 Å². The summed E-state index contributed by atoms with van der Waals surface area (Å²) in [5.41, 5.74) is 10.5. The number of pyridine rings is 1. The Morgan fingerprint density at radius 2 is 1.84 bits per heavy atom. The third kappa shape index (κ3) is 4.56. The quantitative estimate of drug-likeness (QED) is 0.246. The van der Waals surface area contributed by atoms with Crippen molar-refractivity contribution in [3.05, 3.63) is 59.6 Å². The van der Waals surface area contributed by atoms with Crippen molar-refractivity contribution in [1.29, 1.82) is 0 Å². The maximum Gasteiger partial charge on any atom is 0.157 e. The molecule has 0 radical (unpaired) electrons.